The van der Waals surface area contributed by atoms with E-state index in [4.69, 9.17) is 14.6 Å². The topological polar surface area (TPSA) is 68.7 Å². The van der Waals surface area contributed by atoms with Crippen LogP contribution >= 0.6 is 11.3 Å². The minimum atomic E-state index is -1.02. The maximum Gasteiger partial charge on any atom is 0.365 e. The lowest BCUT2D eigenvalue weighted by Gasteiger charge is -2.09. The summed E-state index contributed by atoms with van der Waals surface area (Å²) in [7, 11) is 3.13. The summed E-state index contributed by atoms with van der Waals surface area (Å²) in [6.45, 7) is 1.84. The number of aromatic carboxylic acids is 1. The van der Waals surface area contributed by atoms with Crippen molar-refractivity contribution in [1.29, 1.82) is 0 Å². The monoisotopic (exact) mass is 279 g/mol. The number of benzene rings is 1. The second-order valence-corrected chi connectivity index (χ2v) is 5.00. The van der Waals surface area contributed by atoms with Gasteiger partial charge in [-0.25, -0.2) is 9.78 Å². The van der Waals surface area contributed by atoms with E-state index in [-0.39, 0.29) is 5.01 Å². The third-order valence-electron chi connectivity index (χ3n) is 2.64. The van der Waals surface area contributed by atoms with Crippen LogP contribution in [0.25, 0.3) is 11.3 Å². The van der Waals surface area contributed by atoms with E-state index in [1.54, 1.807) is 26.4 Å². The van der Waals surface area contributed by atoms with E-state index >= 15 is 0 Å². The Labute approximate surface area is 114 Å². The van der Waals surface area contributed by atoms with E-state index in [0.717, 1.165) is 21.8 Å². The molecule has 0 radical (unpaired) electrons. The van der Waals surface area contributed by atoms with Gasteiger partial charge >= 0.3 is 5.97 Å². The summed E-state index contributed by atoms with van der Waals surface area (Å²) in [5.41, 5.74) is 1.38. The number of rotatable bonds is 4. The van der Waals surface area contributed by atoms with Crippen LogP contribution in [-0.2, 0) is 0 Å². The molecule has 0 fully saturated rings. The van der Waals surface area contributed by atoms with Gasteiger partial charge in [0, 0.05) is 16.5 Å². The maximum atomic E-state index is 10.9. The molecule has 0 aliphatic rings. The van der Waals surface area contributed by atoms with E-state index in [9.17, 15) is 4.79 Å². The summed E-state index contributed by atoms with van der Waals surface area (Å²) in [6, 6.07) is 5.34. The summed E-state index contributed by atoms with van der Waals surface area (Å²) in [5.74, 6) is 0.253. The first-order chi connectivity index (χ1) is 9.06. The van der Waals surface area contributed by atoms with Gasteiger partial charge in [0.05, 0.1) is 19.9 Å². The molecule has 5 nitrogen and oxygen atoms in total. The van der Waals surface area contributed by atoms with Gasteiger partial charge in [0.25, 0.3) is 0 Å². The second-order valence-electron chi connectivity index (χ2n) is 3.80. The van der Waals surface area contributed by atoms with Crippen molar-refractivity contribution in [3.63, 3.8) is 0 Å². The molecule has 1 N–H and O–H groups in total. The predicted octanol–water partition coefficient (Wildman–Crippen LogP) is 2.83. The standard InChI is InChI=1S/C13H13NO4S/c1-7-11(14-12(19-7)13(15)16)9-5-4-8(17-2)6-10(9)18-3/h4-6H,1-3H3,(H,15,16). The van der Waals surface area contributed by atoms with Crippen LogP contribution in [-0.4, -0.2) is 30.3 Å². The molecule has 0 aliphatic heterocycles. The molecule has 0 saturated heterocycles. The van der Waals surface area contributed by atoms with E-state index in [1.807, 2.05) is 13.0 Å². The van der Waals surface area contributed by atoms with Crippen molar-refractivity contribution in [1.82, 2.24) is 4.98 Å². The van der Waals surface area contributed by atoms with Gasteiger partial charge in [-0.3, -0.25) is 0 Å². The highest BCUT2D eigenvalue weighted by atomic mass is 32.1. The van der Waals surface area contributed by atoms with Gasteiger partial charge in [0.15, 0.2) is 0 Å². The van der Waals surface area contributed by atoms with Crippen molar-refractivity contribution in [2.75, 3.05) is 14.2 Å². The maximum absolute atomic E-state index is 10.9. The highest BCUT2D eigenvalue weighted by Crippen LogP contribution is 2.36. The zero-order chi connectivity index (χ0) is 14.0. The van der Waals surface area contributed by atoms with Crippen molar-refractivity contribution in [3.8, 4) is 22.8 Å². The van der Waals surface area contributed by atoms with Crippen LogP contribution in [0, 0.1) is 6.92 Å². The van der Waals surface area contributed by atoms with E-state index < -0.39 is 5.97 Å². The van der Waals surface area contributed by atoms with Gasteiger partial charge < -0.3 is 14.6 Å². The molecule has 0 spiro atoms. The first kappa shape index (κ1) is 13.4. The Kier molecular flexibility index (Phi) is 3.71. The molecule has 2 rings (SSSR count). The van der Waals surface area contributed by atoms with Crippen LogP contribution in [0.5, 0.6) is 11.5 Å². The van der Waals surface area contributed by atoms with Gasteiger partial charge in [0.2, 0.25) is 5.01 Å². The van der Waals surface area contributed by atoms with Crippen LogP contribution < -0.4 is 9.47 Å². The van der Waals surface area contributed by atoms with Crippen molar-refractivity contribution in [2.45, 2.75) is 6.92 Å². The molecular weight excluding hydrogens is 266 g/mol. The summed E-state index contributed by atoms with van der Waals surface area (Å²) >= 11 is 1.15. The predicted molar refractivity (Wildman–Crippen MR) is 72.4 cm³/mol. The third kappa shape index (κ3) is 2.53. The fourth-order valence-electron chi connectivity index (χ4n) is 1.73. The van der Waals surface area contributed by atoms with Gasteiger partial charge in [-0.05, 0) is 19.1 Å². The fraction of sp³-hybridized carbons (Fsp3) is 0.231. The van der Waals surface area contributed by atoms with Gasteiger partial charge in [-0.15, -0.1) is 11.3 Å². The van der Waals surface area contributed by atoms with E-state index in [0.29, 0.717) is 17.2 Å². The van der Waals surface area contributed by atoms with Crippen LogP contribution in [0.4, 0.5) is 0 Å². The van der Waals surface area contributed by atoms with Gasteiger partial charge in [-0.1, -0.05) is 0 Å². The Bertz CT molecular complexity index is 621. The molecule has 1 heterocycles. The Balaban J connectivity index is 2.55. The van der Waals surface area contributed by atoms with Crippen molar-refractivity contribution in [2.24, 2.45) is 0 Å². The number of ether oxygens (including phenoxy) is 2. The molecule has 0 bridgehead atoms. The molecule has 19 heavy (non-hydrogen) atoms. The van der Waals surface area contributed by atoms with Gasteiger partial charge in [-0.2, -0.15) is 0 Å². The second kappa shape index (κ2) is 5.27. The summed E-state index contributed by atoms with van der Waals surface area (Å²) in [6.07, 6.45) is 0. The van der Waals surface area contributed by atoms with Crippen LogP contribution in [0.3, 0.4) is 0 Å². The zero-order valence-corrected chi connectivity index (χ0v) is 11.6. The number of carboxylic acids is 1. The molecule has 0 atom stereocenters. The Morgan fingerprint density at radius 3 is 2.58 bits per heavy atom. The summed E-state index contributed by atoms with van der Waals surface area (Å²) < 4.78 is 10.4. The number of carbonyl (C=O) groups is 1. The fourth-order valence-corrected chi connectivity index (χ4v) is 2.50. The average Bonchev–Trinajstić information content (AvgIpc) is 2.80. The smallest absolute Gasteiger partial charge is 0.365 e. The minimum Gasteiger partial charge on any atom is -0.497 e. The molecule has 1 aromatic carbocycles. The van der Waals surface area contributed by atoms with Crippen LogP contribution in [0.15, 0.2) is 18.2 Å². The Morgan fingerprint density at radius 2 is 2.05 bits per heavy atom. The van der Waals surface area contributed by atoms with E-state index in [1.165, 1.54) is 0 Å². The van der Waals surface area contributed by atoms with Crippen LogP contribution in [0.2, 0.25) is 0 Å². The van der Waals surface area contributed by atoms with Crippen molar-refractivity contribution < 1.29 is 19.4 Å². The summed E-state index contributed by atoms with van der Waals surface area (Å²) in [5, 5.41) is 9.05. The Morgan fingerprint density at radius 1 is 1.32 bits per heavy atom. The molecule has 1 aromatic heterocycles. The molecule has 100 valence electrons. The SMILES string of the molecule is COc1ccc(-c2nc(C(=O)O)sc2C)c(OC)c1. The molecule has 0 amide bonds. The molecular formula is C13H13NO4S. The van der Waals surface area contributed by atoms with Crippen molar-refractivity contribution in [3.05, 3.63) is 28.1 Å². The number of aromatic nitrogens is 1. The number of carboxylic acid groups (broad SMARTS) is 1. The lowest BCUT2D eigenvalue weighted by atomic mass is 10.1. The largest absolute Gasteiger partial charge is 0.497 e. The lowest BCUT2D eigenvalue weighted by Crippen LogP contribution is -1.95. The van der Waals surface area contributed by atoms with Gasteiger partial charge in [0.1, 0.15) is 11.5 Å². The number of nitrogens with zero attached hydrogens (tertiary/aromatic N) is 1. The average molecular weight is 279 g/mol. The number of hydrogen-bond acceptors (Lipinski definition) is 5. The number of hydrogen-bond donors (Lipinski definition) is 1. The molecule has 0 unspecified atom stereocenters. The molecule has 0 saturated carbocycles. The van der Waals surface area contributed by atoms with Crippen molar-refractivity contribution >= 4 is 17.3 Å². The molecule has 2 aromatic rings. The normalized spacial score (nSPS) is 10.3. The molecule has 0 aliphatic carbocycles. The quantitative estimate of drug-likeness (QED) is 0.932. The number of methoxy groups -OCH3 is 2. The lowest BCUT2D eigenvalue weighted by molar-refractivity contribution is 0.0696. The first-order valence-corrected chi connectivity index (χ1v) is 6.31. The van der Waals surface area contributed by atoms with E-state index in [2.05, 4.69) is 4.98 Å². The first-order valence-electron chi connectivity index (χ1n) is 5.50. The number of thiazole rings is 1. The third-order valence-corrected chi connectivity index (χ3v) is 3.60. The Hall–Kier alpha value is -2.08. The summed E-state index contributed by atoms with van der Waals surface area (Å²) in [4.78, 5) is 15.9. The highest BCUT2D eigenvalue weighted by molar-refractivity contribution is 7.13. The minimum absolute atomic E-state index is 0.0744. The highest BCUT2D eigenvalue weighted by Gasteiger charge is 2.17. The molecule has 6 heteroatoms. The number of aryl methyl sites for hydroxylation is 1. The zero-order valence-electron chi connectivity index (χ0n) is 10.8. The van der Waals surface area contributed by atoms with Crippen LogP contribution in [0.1, 0.15) is 14.7 Å².